The van der Waals surface area contributed by atoms with E-state index in [1.54, 1.807) is 10.8 Å². The van der Waals surface area contributed by atoms with E-state index in [4.69, 9.17) is 5.73 Å². The van der Waals surface area contributed by atoms with Crippen molar-refractivity contribution in [3.05, 3.63) is 47.9 Å². The summed E-state index contributed by atoms with van der Waals surface area (Å²) in [6, 6.07) is 9.31. The van der Waals surface area contributed by atoms with Crippen LogP contribution in [0.4, 0.5) is 11.5 Å². The molecule has 0 atom stereocenters. The van der Waals surface area contributed by atoms with Crippen molar-refractivity contribution in [2.75, 3.05) is 18.1 Å². The summed E-state index contributed by atoms with van der Waals surface area (Å²) in [5, 5.41) is 7.62. The molecule has 0 bridgehead atoms. The van der Waals surface area contributed by atoms with Crippen LogP contribution >= 0.6 is 0 Å². The molecule has 7 nitrogen and oxygen atoms in total. The van der Waals surface area contributed by atoms with E-state index in [9.17, 15) is 0 Å². The van der Waals surface area contributed by atoms with Gasteiger partial charge in [0.2, 0.25) is 0 Å². The van der Waals surface area contributed by atoms with E-state index in [1.165, 1.54) is 0 Å². The number of rotatable bonds is 1. The summed E-state index contributed by atoms with van der Waals surface area (Å²) in [5.74, 6) is 6.86. The summed E-state index contributed by atoms with van der Waals surface area (Å²) in [4.78, 5) is 8.93. The Hall–Kier alpha value is -3.53. The average molecular weight is 317 g/mol. The lowest BCUT2D eigenvalue weighted by atomic mass is 10.2. The summed E-state index contributed by atoms with van der Waals surface area (Å²) in [6.45, 7) is 0. The minimum absolute atomic E-state index is 0.640. The van der Waals surface area contributed by atoms with Gasteiger partial charge in [-0.25, -0.2) is 9.97 Å². The molecule has 0 saturated carbocycles. The molecule has 3 heterocycles. The Bertz CT molecular complexity index is 1120. The molecule has 0 aliphatic carbocycles. The molecule has 118 valence electrons. The SMILES string of the molecule is CNc1nc2cc(C#Cc3cccc(N)c3)nn2c2c1ncn2C. The lowest BCUT2D eigenvalue weighted by Gasteiger charge is -2.03. The van der Waals surface area contributed by atoms with Crippen molar-refractivity contribution in [1.82, 2.24) is 24.1 Å². The summed E-state index contributed by atoms with van der Waals surface area (Å²) in [7, 11) is 3.75. The van der Waals surface area contributed by atoms with Crippen molar-refractivity contribution in [1.29, 1.82) is 0 Å². The zero-order valence-corrected chi connectivity index (χ0v) is 13.3. The highest BCUT2D eigenvalue weighted by molar-refractivity contribution is 5.85. The number of hydrogen-bond donors (Lipinski definition) is 2. The Morgan fingerprint density at radius 1 is 1.21 bits per heavy atom. The second kappa shape index (κ2) is 5.28. The molecule has 0 spiro atoms. The Balaban J connectivity index is 1.87. The summed E-state index contributed by atoms with van der Waals surface area (Å²) in [6.07, 6.45) is 1.74. The normalized spacial score (nSPS) is 10.8. The number of nitrogens with one attached hydrogen (secondary N) is 1. The molecular weight excluding hydrogens is 302 g/mol. The molecule has 1 aromatic carbocycles. The number of nitrogen functional groups attached to an aromatic ring is 1. The molecule has 0 saturated heterocycles. The molecule has 3 aromatic heterocycles. The van der Waals surface area contributed by atoms with Crippen LogP contribution in [0.5, 0.6) is 0 Å². The second-order valence-corrected chi connectivity index (χ2v) is 5.41. The zero-order chi connectivity index (χ0) is 16.7. The standard InChI is InChI=1S/C17H15N7/c1-19-16-15-17(23(2)10-20-15)24-14(21-16)9-13(22-24)7-6-11-4-3-5-12(18)8-11/h3-5,8-10H,18H2,1-2H3,(H,19,21). The molecule has 3 N–H and O–H groups in total. The van der Waals surface area contributed by atoms with Crippen LogP contribution in [0.1, 0.15) is 11.3 Å². The van der Waals surface area contributed by atoms with Crippen molar-refractivity contribution in [2.45, 2.75) is 0 Å². The first-order valence-electron chi connectivity index (χ1n) is 7.42. The first-order chi connectivity index (χ1) is 11.7. The van der Waals surface area contributed by atoms with Gasteiger partial charge >= 0.3 is 0 Å². The molecule has 0 amide bonds. The monoisotopic (exact) mass is 317 g/mol. The molecule has 0 unspecified atom stereocenters. The van der Waals surface area contributed by atoms with E-state index in [0.717, 1.165) is 16.7 Å². The van der Waals surface area contributed by atoms with Gasteiger partial charge in [-0.05, 0) is 24.1 Å². The van der Waals surface area contributed by atoms with E-state index >= 15 is 0 Å². The van der Waals surface area contributed by atoms with Gasteiger partial charge in [-0.3, -0.25) is 0 Å². The van der Waals surface area contributed by atoms with Crippen LogP contribution in [-0.4, -0.2) is 31.2 Å². The van der Waals surface area contributed by atoms with Crippen LogP contribution in [0.25, 0.3) is 16.8 Å². The van der Waals surface area contributed by atoms with Crippen molar-refractivity contribution in [3.8, 4) is 11.8 Å². The number of aryl methyl sites for hydroxylation is 1. The smallest absolute Gasteiger partial charge is 0.167 e. The minimum Gasteiger partial charge on any atom is -0.399 e. The van der Waals surface area contributed by atoms with Gasteiger partial charge in [0.25, 0.3) is 0 Å². The largest absolute Gasteiger partial charge is 0.399 e. The van der Waals surface area contributed by atoms with Crippen LogP contribution in [-0.2, 0) is 7.05 Å². The predicted octanol–water partition coefficient (Wildman–Crippen LogP) is 1.64. The fourth-order valence-corrected chi connectivity index (χ4v) is 2.60. The maximum Gasteiger partial charge on any atom is 0.167 e. The van der Waals surface area contributed by atoms with E-state index in [-0.39, 0.29) is 0 Å². The molecule has 0 radical (unpaired) electrons. The number of hydrogen-bond acceptors (Lipinski definition) is 5. The van der Waals surface area contributed by atoms with Gasteiger partial charge in [0.05, 0.1) is 6.33 Å². The second-order valence-electron chi connectivity index (χ2n) is 5.41. The van der Waals surface area contributed by atoms with Crippen LogP contribution in [0, 0.1) is 11.8 Å². The van der Waals surface area contributed by atoms with E-state index in [0.29, 0.717) is 22.8 Å². The minimum atomic E-state index is 0.640. The van der Waals surface area contributed by atoms with Gasteiger partial charge in [0.1, 0.15) is 5.69 Å². The Kier molecular flexibility index (Phi) is 3.10. The van der Waals surface area contributed by atoms with Crippen molar-refractivity contribution in [2.24, 2.45) is 7.05 Å². The number of benzene rings is 1. The van der Waals surface area contributed by atoms with Crippen molar-refractivity contribution in [3.63, 3.8) is 0 Å². The molecule has 7 heteroatoms. The van der Waals surface area contributed by atoms with Gasteiger partial charge in [-0.1, -0.05) is 12.0 Å². The molecule has 0 fully saturated rings. The molecule has 0 aliphatic rings. The Labute approximate surface area is 138 Å². The third-order valence-corrected chi connectivity index (χ3v) is 3.71. The molecule has 24 heavy (non-hydrogen) atoms. The van der Waals surface area contributed by atoms with E-state index in [1.807, 2.05) is 49.0 Å². The predicted molar refractivity (Wildman–Crippen MR) is 93.6 cm³/mol. The van der Waals surface area contributed by atoms with E-state index in [2.05, 4.69) is 32.2 Å². The van der Waals surface area contributed by atoms with Crippen molar-refractivity contribution < 1.29 is 0 Å². The zero-order valence-electron chi connectivity index (χ0n) is 13.3. The first-order valence-corrected chi connectivity index (χ1v) is 7.42. The van der Waals surface area contributed by atoms with Gasteiger partial charge in [-0.2, -0.15) is 9.61 Å². The van der Waals surface area contributed by atoms with Gasteiger partial charge in [0.15, 0.2) is 22.6 Å². The number of aromatic nitrogens is 5. The highest BCUT2D eigenvalue weighted by atomic mass is 15.3. The van der Waals surface area contributed by atoms with E-state index < -0.39 is 0 Å². The Morgan fingerprint density at radius 2 is 2.08 bits per heavy atom. The van der Waals surface area contributed by atoms with Gasteiger partial charge in [0, 0.05) is 31.4 Å². The number of imidazole rings is 1. The highest BCUT2D eigenvalue weighted by Gasteiger charge is 2.13. The average Bonchev–Trinajstić information content (AvgIpc) is 3.15. The first kappa shape index (κ1) is 14.1. The summed E-state index contributed by atoms with van der Waals surface area (Å²) >= 11 is 0. The fourth-order valence-electron chi connectivity index (χ4n) is 2.60. The number of fused-ring (bicyclic) bond motifs is 3. The Morgan fingerprint density at radius 3 is 2.88 bits per heavy atom. The maximum absolute atomic E-state index is 5.77. The summed E-state index contributed by atoms with van der Waals surface area (Å²) < 4.78 is 3.67. The summed E-state index contributed by atoms with van der Waals surface area (Å²) in [5.41, 5.74) is 10.3. The van der Waals surface area contributed by atoms with Gasteiger partial charge < -0.3 is 15.6 Å². The number of anilines is 2. The number of nitrogens with two attached hydrogens (primary N) is 1. The fraction of sp³-hybridized carbons (Fsp3) is 0.118. The maximum atomic E-state index is 5.77. The van der Waals surface area contributed by atoms with Crippen LogP contribution < -0.4 is 11.1 Å². The molecule has 4 aromatic rings. The third-order valence-electron chi connectivity index (χ3n) is 3.71. The van der Waals surface area contributed by atoms with Crippen molar-refractivity contribution >= 4 is 28.3 Å². The topological polar surface area (TPSA) is 86.1 Å². The van der Waals surface area contributed by atoms with Gasteiger partial charge in [-0.15, -0.1) is 0 Å². The third kappa shape index (κ3) is 2.21. The highest BCUT2D eigenvalue weighted by Crippen LogP contribution is 2.21. The molecule has 4 rings (SSSR count). The lowest BCUT2D eigenvalue weighted by molar-refractivity contribution is 0.872. The molecular formula is C17H15N7. The molecule has 0 aliphatic heterocycles. The van der Waals surface area contributed by atoms with Crippen LogP contribution in [0.2, 0.25) is 0 Å². The quantitative estimate of drug-likeness (QED) is 0.412. The lowest BCUT2D eigenvalue weighted by Crippen LogP contribution is -2.01. The van der Waals surface area contributed by atoms with Crippen LogP contribution in [0.3, 0.4) is 0 Å². The van der Waals surface area contributed by atoms with Crippen LogP contribution in [0.15, 0.2) is 36.7 Å². The number of nitrogens with zero attached hydrogens (tertiary/aromatic N) is 5.